The van der Waals surface area contributed by atoms with Gasteiger partial charge in [-0.3, -0.25) is 0 Å². The fourth-order valence-corrected chi connectivity index (χ4v) is 4.52. The zero-order valence-electron chi connectivity index (χ0n) is 12.5. The molecule has 0 fully saturated rings. The topological polar surface area (TPSA) is 62.9 Å². The molecule has 2 aliphatic rings. The van der Waals surface area contributed by atoms with E-state index in [9.17, 15) is 10.5 Å². The van der Waals surface area contributed by atoms with Crippen LogP contribution >= 0.6 is 20.7 Å². The zero-order valence-corrected chi connectivity index (χ0v) is 14.7. The van der Waals surface area contributed by atoms with Crippen molar-refractivity contribution in [2.45, 2.75) is 0 Å². The third-order valence-electron chi connectivity index (χ3n) is 3.85. The van der Waals surface area contributed by atoms with Crippen molar-refractivity contribution in [2.24, 2.45) is 0 Å². The van der Waals surface area contributed by atoms with E-state index < -0.39 is 20.7 Å². The van der Waals surface area contributed by atoms with Gasteiger partial charge in [0.1, 0.15) is 12.1 Å². The molecular weight excluding hydrogens is 411 g/mol. The maximum absolute atomic E-state index is 9.57. The molecule has 0 saturated heterocycles. The van der Waals surface area contributed by atoms with Crippen molar-refractivity contribution in [1.82, 2.24) is 0 Å². The molecule has 2 aliphatic heterocycles. The average Bonchev–Trinajstić information content (AvgIpc) is 2.65. The van der Waals surface area contributed by atoms with Crippen LogP contribution in [0, 0.1) is 22.7 Å². The van der Waals surface area contributed by atoms with E-state index in [1.54, 1.807) is 0 Å². The monoisotopic (exact) mass is 422 g/mol. The average molecular weight is 422 g/mol. The third-order valence-corrected chi connectivity index (χ3v) is 6.01. The van der Waals surface area contributed by atoms with Crippen LogP contribution in [0.2, 0.25) is 0 Å². The molecule has 0 atom stereocenters. The summed E-state index contributed by atoms with van der Waals surface area (Å²) >= 11 is -0.532. The summed E-state index contributed by atoms with van der Waals surface area (Å²) in [6.45, 7) is 0. The largest absolute Gasteiger partial charge is 0.352 e. The van der Waals surface area contributed by atoms with Gasteiger partial charge in [-0.25, -0.2) is 0 Å². The SMILES string of the molecule is N#CC1=CC(N2c3ccccc3Nc3ccccc32)=C(C#N)C=I1. The number of hydrogen-bond donors (Lipinski definition) is 1. The highest BCUT2D eigenvalue weighted by molar-refractivity contribution is 14.2. The lowest BCUT2D eigenvalue weighted by Crippen LogP contribution is -2.23. The molecule has 0 spiro atoms. The first kappa shape index (κ1) is 14.7. The molecule has 0 radical (unpaired) electrons. The second-order valence-electron chi connectivity index (χ2n) is 5.23. The van der Waals surface area contributed by atoms with Crippen LogP contribution in [0.25, 0.3) is 0 Å². The number of nitriles is 2. The summed E-state index contributed by atoms with van der Waals surface area (Å²) in [6.07, 6.45) is 1.87. The molecule has 4 nitrogen and oxygen atoms in total. The molecule has 0 amide bonds. The number of nitrogens with one attached hydrogen (secondary N) is 1. The second kappa shape index (κ2) is 5.95. The summed E-state index contributed by atoms with van der Waals surface area (Å²) in [5, 5.41) is 22.3. The number of benzene rings is 2. The van der Waals surface area contributed by atoms with E-state index >= 15 is 0 Å². The minimum absolute atomic E-state index is 0.532. The Hall–Kier alpha value is -2.90. The van der Waals surface area contributed by atoms with E-state index in [1.807, 2.05) is 58.6 Å². The smallest absolute Gasteiger partial charge is 0.105 e. The van der Waals surface area contributed by atoms with Crippen LogP contribution < -0.4 is 10.2 Å². The van der Waals surface area contributed by atoms with Crippen molar-refractivity contribution in [3.05, 3.63) is 69.5 Å². The van der Waals surface area contributed by atoms with Crippen molar-refractivity contribution in [2.75, 3.05) is 10.2 Å². The molecule has 0 unspecified atom stereocenters. The highest BCUT2D eigenvalue weighted by Crippen LogP contribution is 2.46. The van der Waals surface area contributed by atoms with Gasteiger partial charge < -0.3 is 10.2 Å². The van der Waals surface area contributed by atoms with Crippen LogP contribution in [-0.4, -0.2) is 4.01 Å². The Balaban J connectivity index is 2.01. The summed E-state index contributed by atoms with van der Waals surface area (Å²) in [5.74, 6) is 0. The van der Waals surface area contributed by atoms with Gasteiger partial charge in [0.2, 0.25) is 0 Å². The van der Waals surface area contributed by atoms with Gasteiger partial charge in [0, 0.05) is 0 Å². The van der Waals surface area contributed by atoms with Crippen LogP contribution in [0.1, 0.15) is 0 Å². The van der Waals surface area contributed by atoms with Crippen molar-refractivity contribution in [3.8, 4) is 12.1 Å². The van der Waals surface area contributed by atoms with E-state index in [2.05, 4.69) is 22.4 Å². The predicted molar refractivity (Wildman–Crippen MR) is 105 cm³/mol. The highest BCUT2D eigenvalue weighted by Gasteiger charge is 2.26. The summed E-state index contributed by atoms with van der Waals surface area (Å²) in [4.78, 5) is 2.07. The summed E-state index contributed by atoms with van der Waals surface area (Å²) in [5.41, 5.74) is 5.30. The number of nitrogens with zero attached hydrogens (tertiary/aromatic N) is 3. The number of anilines is 4. The van der Waals surface area contributed by atoms with Crippen LogP contribution in [0.3, 0.4) is 0 Å². The molecule has 2 aromatic carbocycles. The summed E-state index contributed by atoms with van der Waals surface area (Å²) < 4.78 is 2.69. The van der Waals surface area contributed by atoms with E-state index in [0.717, 1.165) is 32.0 Å². The fraction of sp³-hybridized carbons (Fsp3) is 0. The molecule has 1 N–H and O–H groups in total. The molecule has 2 aromatic rings. The first-order valence-corrected chi connectivity index (χ1v) is 9.62. The first-order valence-electron chi connectivity index (χ1n) is 7.30. The normalized spacial score (nSPS) is 15.1. The van der Waals surface area contributed by atoms with Crippen LogP contribution in [0.4, 0.5) is 22.7 Å². The number of rotatable bonds is 1. The number of allylic oxidation sites excluding steroid dienone is 3. The Morgan fingerprint density at radius 3 is 2.08 bits per heavy atom. The van der Waals surface area contributed by atoms with Gasteiger partial charge in [0.25, 0.3) is 0 Å². The second-order valence-corrected chi connectivity index (χ2v) is 7.64. The van der Waals surface area contributed by atoms with Gasteiger partial charge in [-0.2, -0.15) is 10.5 Å². The third kappa shape index (κ3) is 2.31. The molecule has 114 valence electrons. The van der Waals surface area contributed by atoms with Gasteiger partial charge in [0.05, 0.1) is 37.6 Å². The van der Waals surface area contributed by atoms with Gasteiger partial charge in [0.15, 0.2) is 0 Å². The van der Waals surface area contributed by atoms with Crippen molar-refractivity contribution in [3.63, 3.8) is 0 Å². The fourth-order valence-electron chi connectivity index (χ4n) is 2.80. The molecule has 24 heavy (non-hydrogen) atoms. The lowest BCUT2D eigenvalue weighted by atomic mass is 10.1. The van der Waals surface area contributed by atoms with E-state index in [0.29, 0.717) is 5.57 Å². The van der Waals surface area contributed by atoms with E-state index in [1.165, 1.54) is 0 Å². The maximum Gasteiger partial charge on any atom is 0.105 e. The molecule has 0 bridgehead atoms. The molecular formula is C19H11IN4. The molecule has 0 aliphatic carbocycles. The quantitative estimate of drug-likeness (QED) is 0.668. The van der Waals surface area contributed by atoms with Crippen LogP contribution in [0.5, 0.6) is 0 Å². The lowest BCUT2D eigenvalue weighted by Gasteiger charge is -2.35. The van der Waals surface area contributed by atoms with Crippen molar-refractivity contribution >= 4 is 47.5 Å². The van der Waals surface area contributed by atoms with Crippen LogP contribution in [-0.2, 0) is 0 Å². The number of fused-ring (bicyclic) bond motifs is 2. The minimum atomic E-state index is -0.532. The predicted octanol–water partition coefficient (Wildman–Crippen LogP) is 4.85. The zero-order chi connectivity index (χ0) is 16.5. The Morgan fingerprint density at radius 1 is 0.875 bits per heavy atom. The van der Waals surface area contributed by atoms with Gasteiger partial charge in [-0.05, 0) is 34.4 Å². The summed E-state index contributed by atoms with van der Waals surface area (Å²) in [7, 11) is 0. The maximum atomic E-state index is 9.57. The van der Waals surface area contributed by atoms with Gasteiger partial charge >= 0.3 is 0 Å². The highest BCUT2D eigenvalue weighted by atomic mass is 127. The number of halogens is 1. The van der Waals surface area contributed by atoms with E-state index in [4.69, 9.17) is 0 Å². The van der Waals surface area contributed by atoms with Crippen molar-refractivity contribution < 1.29 is 0 Å². The molecule has 2 heterocycles. The lowest BCUT2D eigenvalue weighted by molar-refractivity contribution is 1.18. The minimum Gasteiger partial charge on any atom is -0.352 e. The molecule has 4 rings (SSSR count). The van der Waals surface area contributed by atoms with Gasteiger partial charge in [-0.15, -0.1) is 0 Å². The standard InChI is InChI=1S/C19H11IN4/c21-11-13-10-20-14(12-22)9-19(13)24-17-7-3-1-5-15(17)23-16-6-2-4-8-18(16)24/h1-10,23H. The number of hydrogen-bond acceptors (Lipinski definition) is 4. The Labute approximate surface area is 149 Å². The molecule has 5 heteroatoms. The molecule has 0 saturated carbocycles. The first-order chi connectivity index (χ1) is 11.8. The van der Waals surface area contributed by atoms with E-state index in [-0.39, 0.29) is 0 Å². The Kier molecular flexibility index (Phi) is 3.64. The summed E-state index contributed by atoms with van der Waals surface area (Å²) in [6, 6.07) is 20.5. The number of para-hydroxylation sites is 4. The van der Waals surface area contributed by atoms with Gasteiger partial charge in [-0.1, -0.05) is 45.0 Å². The van der Waals surface area contributed by atoms with Crippen molar-refractivity contribution in [1.29, 1.82) is 10.5 Å². The van der Waals surface area contributed by atoms with Crippen LogP contribution in [0.15, 0.2) is 69.5 Å². The Morgan fingerprint density at radius 2 is 1.50 bits per heavy atom. The molecule has 0 aromatic heterocycles. The Bertz CT molecular complexity index is 973.